The normalized spacial score (nSPS) is 18.8. The molecule has 0 aromatic heterocycles. The Bertz CT molecular complexity index is 630. The van der Waals surface area contributed by atoms with Gasteiger partial charge in [-0.1, -0.05) is 42.5 Å². The molecule has 1 atom stereocenters. The van der Waals surface area contributed by atoms with Crippen LogP contribution in [0.15, 0.2) is 42.5 Å². The quantitative estimate of drug-likeness (QED) is 0.646. The van der Waals surface area contributed by atoms with Crippen LogP contribution in [0, 0.1) is 0 Å². The van der Waals surface area contributed by atoms with E-state index in [0.717, 1.165) is 16.3 Å². The minimum Gasteiger partial charge on any atom is -0.375 e. The molecule has 2 aromatic carbocycles. The molecule has 1 saturated heterocycles. The topological polar surface area (TPSA) is 55.4 Å². The Morgan fingerprint density at radius 2 is 1.83 bits per heavy atom. The number of cyclic esters (lactones) is 2. The summed E-state index contributed by atoms with van der Waals surface area (Å²) in [6, 6.07) is 13.3. The summed E-state index contributed by atoms with van der Waals surface area (Å²) >= 11 is 0. The second-order valence-corrected chi connectivity index (χ2v) is 4.25. The molecule has 0 spiro atoms. The minimum absolute atomic E-state index is 0.450. The molecule has 0 radical (unpaired) electrons. The molecule has 0 bridgehead atoms. The van der Waals surface area contributed by atoms with Crippen LogP contribution in [-0.2, 0) is 16.0 Å². The van der Waals surface area contributed by atoms with Crippen molar-refractivity contribution in [1.82, 2.24) is 5.32 Å². The molecule has 1 heterocycles. The summed E-state index contributed by atoms with van der Waals surface area (Å²) in [4.78, 5) is 22.4. The molecule has 0 aliphatic carbocycles. The Kier molecular flexibility index (Phi) is 2.48. The number of esters is 1. The maximum atomic E-state index is 11.4. The summed E-state index contributed by atoms with van der Waals surface area (Å²) < 4.78 is 4.47. The van der Waals surface area contributed by atoms with E-state index < -0.39 is 18.1 Å². The molecule has 1 N–H and O–H groups in total. The standard InChI is InChI=1S/C14H11NO3/c16-13-12(15-14(17)18-13)8-10-6-3-5-9-4-1-2-7-11(9)10/h1-7,12H,8H2,(H,15,17)/t12-/m0/s1. The molecule has 1 aliphatic rings. The maximum absolute atomic E-state index is 11.4. The lowest BCUT2D eigenvalue weighted by Gasteiger charge is -2.09. The zero-order chi connectivity index (χ0) is 12.5. The third-order valence-electron chi connectivity index (χ3n) is 3.07. The van der Waals surface area contributed by atoms with E-state index in [-0.39, 0.29) is 0 Å². The number of amides is 1. The Balaban J connectivity index is 1.95. The molecular weight excluding hydrogens is 230 g/mol. The molecule has 0 unspecified atom stereocenters. The number of benzene rings is 2. The van der Waals surface area contributed by atoms with E-state index in [1.807, 2.05) is 42.5 Å². The van der Waals surface area contributed by atoms with Crippen LogP contribution in [0.4, 0.5) is 4.79 Å². The predicted octanol–water partition coefficient (Wildman–Crippen LogP) is 2.02. The number of hydrogen-bond acceptors (Lipinski definition) is 3. The summed E-state index contributed by atoms with van der Waals surface area (Å²) in [7, 11) is 0. The van der Waals surface area contributed by atoms with Gasteiger partial charge in [-0.3, -0.25) is 0 Å². The van der Waals surface area contributed by atoms with Crippen LogP contribution in [0.2, 0.25) is 0 Å². The monoisotopic (exact) mass is 241 g/mol. The van der Waals surface area contributed by atoms with Gasteiger partial charge in [-0.15, -0.1) is 0 Å². The van der Waals surface area contributed by atoms with Crippen LogP contribution in [0.5, 0.6) is 0 Å². The second-order valence-electron chi connectivity index (χ2n) is 4.25. The molecular formula is C14H11NO3. The molecule has 4 nitrogen and oxygen atoms in total. The first kappa shape index (κ1) is 10.8. The highest BCUT2D eigenvalue weighted by Crippen LogP contribution is 2.20. The van der Waals surface area contributed by atoms with Gasteiger partial charge in [0.1, 0.15) is 6.04 Å². The molecule has 1 amide bonds. The molecule has 90 valence electrons. The number of fused-ring (bicyclic) bond motifs is 1. The van der Waals surface area contributed by atoms with Crippen LogP contribution in [0.25, 0.3) is 10.8 Å². The Hall–Kier alpha value is -2.36. The summed E-state index contributed by atoms with van der Waals surface area (Å²) in [5, 5.41) is 4.72. The van der Waals surface area contributed by atoms with E-state index >= 15 is 0 Å². The van der Waals surface area contributed by atoms with Crippen molar-refractivity contribution in [2.75, 3.05) is 0 Å². The molecule has 1 aliphatic heterocycles. The number of rotatable bonds is 2. The molecule has 4 heteroatoms. The van der Waals surface area contributed by atoms with Gasteiger partial charge in [0.2, 0.25) is 0 Å². The van der Waals surface area contributed by atoms with Crippen molar-refractivity contribution >= 4 is 22.8 Å². The number of carbonyl (C=O) groups is 2. The van der Waals surface area contributed by atoms with Crippen molar-refractivity contribution in [2.45, 2.75) is 12.5 Å². The average Bonchev–Trinajstić information content (AvgIpc) is 2.68. The molecule has 3 rings (SSSR count). The van der Waals surface area contributed by atoms with Crippen molar-refractivity contribution < 1.29 is 14.3 Å². The van der Waals surface area contributed by atoms with E-state index in [0.29, 0.717) is 6.42 Å². The fourth-order valence-electron chi connectivity index (χ4n) is 2.22. The summed E-state index contributed by atoms with van der Waals surface area (Å²) in [5.41, 5.74) is 1.03. The Labute approximate surface area is 104 Å². The van der Waals surface area contributed by atoms with Crippen molar-refractivity contribution in [3.8, 4) is 0 Å². The minimum atomic E-state index is -0.662. The highest BCUT2D eigenvalue weighted by atomic mass is 16.6. The van der Waals surface area contributed by atoms with Crippen molar-refractivity contribution in [3.05, 3.63) is 48.0 Å². The van der Waals surface area contributed by atoms with Crippen molar-refractivity contribution in [2.24, 2.45) is 0 Å². The Morgan fingerprint density at radius 1 is 1.06 bits per heavy atom. The van der Waals surface area contributed by atoms with Crippen LogP contribution in [0.3, 0.4) is 0 Å². The molecule has 2 aromatic rings. The molecule has 1 fully saturated rings. The lowest BCUT2D eigenvalue weighted by molar-refractivity contribution is -0.135. The molecule has 18 heavy (non-hydrogen) atoms. The lowest BCUT2D eigenvalue weighted by Crippen LogP contribution is -2.30. The van der Waals surface area contributed by atoms with E-state index in [2.05, 4.69) is 10.1 Å². The highest BCUT2D eigenvalue weighted by molar-refractivity contribution is 5.96. The number of nitrogens with one attached hydrogen (secondary N) is 1. The van der Waals surface area contributed by atoms with Crippen molar-refractivity contribution in [1.29, 1.82) is 0 Å². The van der Waals surface area contributed by atoms with E-state index in [9.17, 15) is 9.59 Å². The molecule has 0 saturated carbocycles. The van der Waals surface area contributed by atoms with E-state index in [4.69, 9.17) is 0 Å². The largest absolute Gasteiger partial charge is 0.415 e. The fourth-order valence-corrected chi connectivity index (χ4v) is 2.22. The third kappa shape index (κ3) is 1.82. The number of hydrogen-bond donors (Lipinski definition) is 1. The first-order chi connectivity index (χ1) is 8.74. The zero-order valence-electron chi connectivity index (χ0n) is 9.55. The van der Waals surface area contributed by atoms with Gasteiger partial charge in [-0.2, -0.15) is 0 Å². The highest BCUT2D eigenvalue weighted by Gasteiger charge is 2.32. The van der Waals surface area contributed by atoms with Gasteiger partial charge < -0.3 is 10.1 Å². The lowest BCUT2D eigenvalue weighted by atomic mass is 9.99. The van der Waals surface area contributed by atoms with E-state index in [1.165, 1.54) is 0 Å². The van der Waals surface area contributed by atoms with Crippen molar-refractivity contribution in [3.63, 3.8) is 0 Å². The summed E-state index contributed by atoms with van der Waals surface area (Å²) in [5.74, 6) is -0.507. The predicted molar refractivity (Wildman–Crippen MR) is 66.1 cm³/mol. The van der Waals surface area contributed by atoms with Gasteiger partial charge in [0, 0.05) is 6.42 Å². The van der Waals surface area contributed by atoms with Gasteiger partial charge in [0.05, 0.1) is 0 Å². The van der Waals surface area contributed by atoms with Gasteiger partial charge in [-0.25, -0.2) is 9.59 Å². The van der Waals surface area contributed by atoms with Gasteiger partial charge in [0.15, 0.2) is 0 Å². The third-order valence-corrected chi connectivity index (χ3v) is 3.07. The van der Waals surface area contributed by atoms with Crippen LogP contribution in [0.1, 0.15) is 5.56 Å². The fraction of sp³-hybridized carbons (Fsp3) is 0.143. The van der Waals surface area contributed by atoms with Crippen LogP contribution in [-0.4, -0.2) is 18.1 Å². The maximum Gasteiger partial charge on any atom is 0.415 e. The Morgan fingerprint density at radius 3 is 2.61 bits per heavy atom. The average molecular weight is 241 g/mol. The van der Waals surface area contributed by atoms with Crippen LogP contribution < -0.4 is 5.32 Å². The first-order valence-electron chi connectivity index (χ1n) is 5.73. The zero-order valence-corrected chi connectivity index (χ0v) is 9.55. The van der Waals surface area contributed by atoms with E-state index in [1.54, 1.807) is 0 Å². The smallest absolute Gasteiger partial charge is 0.375 e. The number of alkyl carbamates (subject to hydrolysis) is 1. The van der Waals surface area contributed by atoms with Gasteiger partial charge in [0.25, 0.3) is 0 Å². The summed E-state index contributed by atoms with van der Waals surface area (Å²) in [6.07, 6.45) is -0.211. The SMILES string of the molecule is O=C1N[C@@H](Cc2cccc3ccccc23)C(=O)O1. The number of ether oxygens (including phenoxy) is 1. The summed E-state index contributed by atoms with van der Waals surface area (Å²) in [6.45, 7) is 0. The van der Waals surface area contributed by atoms with Crippen LogP contribution >= 0.6 is 0 Å². The van der Waals surface area contributed by atoms with Gasteiger partial charge in [-0.05, 0) is 16.3 Å². The van der Waals surface area contributed by atoms with Gasteiger partial charge >= 0.3 is 12.1 Å². The second kappa shape index (κ2) is 4.14. The number of carbonyl (C=O) groups excluding carboxylic acids is 2. The first-order valence-corrected chi connectivity index (χ1v) is 5.73.